The molecule has 6 rings (SSSR count). The first-order valence-corrected chi connectivity index (χ1v) is 10.4. The lowest BCUT2D eigenvalue weighted by molar-refractivity contribution is -0.657. The van der Waals surface area contributed by atoms with Gasteiger partial charge in [0.25, 0.3) is 5.82 Å². The van der Waals surface area contributed by atoms with Crippen molar-refractivity contribution in [3.8, 4) is 17.2 Å². The first-order valence-electron chi connectivity index (χ1n) is 10.4. The van der Waals surface area contributed by atoms with Crippen LogP contribution < -0.4 is 23.6 Å². The number of benzene rings is 3. The Balaban J connectivity index is 1.66. The van der Waals surface area contributed by atoms with Crippen LogP contribution in [-0.2, 0) is 7.05 Å². The van der Waals surface area contributed by atoms with Gasteiger partial charge >= 0.3 is 7.19 Å². The molecule has 6 heteroatoms. The van der Waals surface area contributed by atoms with E-state index < -0.39 is 7.19 Å². The first-order chi connectivity index (χ1) is 15.2. The standard InChI is InChI=1S/C25H21BN3O2/c1-18-10-3-4-11-19(18)29-25-21(13-9-17-27(25)2)28-20-12-5-6-14-22(20)30-23-15-7-8-16-24(23)31-26(28)29/h3-17H,1-2H3/q+1. The van der Waals surface area contributed by atoms with Crippen molar-refractivity contribution in [2.24, 2.45) is 7.05 Å². The summed E-state index contributed by atoms with van der Waals surface area (Å²) >= 11 is 0. The molecule has 5 nitrogen and oxygen atoms in total. The molecule has 0 spiro atoms. The van der Waals surface area contributed by atoms with Crippen molar-refractivity contribution in [1.29, 1.82) is 0 Å². The number of aryl methyl sites for hydroxylation is 2. The number of anilines is 4. The van der Waals surface area contributed by atoms with Crippen molar-refractivity contribution >= 4 is 30.1 Å². The fourth-order valence-corrected chi connectivity index (χ4v) is 4.44. The van der Waals surface area contributed by atoms with Gasteiger partial charge in [-0.3, -0.25) is 4.81 Å². The van der Waals surface area contributed by atoms with E-state index in [0.717, 1.165) is 28.6 Å². The lowest BCUT2D eigenvalue weighted by Gasteiger charge is -2.28. The molecule has 3 heterocycles. The predicted octanol–water partition coefficient (Wildman–Crippen LogP) is 5.28. The number of aromatic nitrogens is 1. The van der Waals surface area contributed by atoms with E-state index in [1.807, 2.05) is 42.5 Å². The minimum absolute atomic E-state index is 0.407. The summed E-state index contributed by atoms with van der Waals surface area (Å²) in [6.07, 6.45) is 2.07. The number of para-hydroxylation sites is 5. The maximum Gasteiger partial charge on any atom is 0.755 e. The van der Waals surface area contributed by atoms with Crippen LogP contribution in [0.2, 0.25) is 0 Å². The van der Waals surface area contributed by atoms with Crippen LogP contribution in [-0.4, -0.2) is 7.19 Å². The summed E-state index contributed by atoms with van der Waals surface area (Å²) in [5.74, 6) is 3.28. The predicted molar refractivity (Wildman–Crippen MR) is 122 cm³/mol. The van der Waals surface area contributed by atoms with Crippen molar-refractivity contribution in [1.82, 2.24) is 0 Å². The van der Waals surface area contributed by atoms with Crippen molar-refractivity contribution in [3.05, 3.63) is 96.7 Å². The lowest BCUT2D eigenvalue weighted by atomic mass is 9.92. The largest absolute Gasteiger partial charge is 0.755 e. The number of ether oxygens (including phenoxy) is 1. The second-order valence-corrected chi connectivity index (χ2v) is 7.82. The highest BCUT2D eigenvalue weighted by Crippen LogP contribution is 2.50. The van der Waals surface area contributed by atoms with E-state index in [4.69, 9.17) is 9.39 Å². The number of rotatable bonds is 1. The molecule has 0 bridgehead atoms. The van der Waals surface area contributed by atoms with E-state index in [2.05, 4.69) is 76.8 Å². The van der Waals surface area contributed by atoms with Gasteiger partial charge in [-0.1, -0.05) is 42.5 Å². The average molecular weight is 406 g/mol. The van der Waals surface area contributed by atoms with Crippen molar-refractivity contribution in [3.63, 3.8) is 0 Å². The van der Waals surface area contributed by atoms with Crippen LogP contribution in [0, 0.1) is 6.92 Å². The number of nitrogens with zero attached hydrogens (tertiary/aromatic N) is 3. The Morgan fingerprint density at radius 1 is 0.677 bits per heavy atom. The van der Waals surface area contributed by atoms with E-state index in [1.165, 1.54) is 5.56 Å². The Labute approximate surface area is 181 Å². The molecule has 150 valence electrons. The van der Waals surface area contributed by atoms with Gasteiger partial charge in [-0.15, -0.1) is 0 Å². The number of hydrogen-bond donors (Lipinski definition) is 0. The molecule has 0 saturated heterocycles. The zero-order valence-electron chi connectivity index (χ0n) is 17.4. The van der Waals surface area contributed by atoms with E-state index >= 15 is 0 Å². The third-order valence-electron chi connectivity index (χ3n) is 5.86. The van der Waals surface area contributed by atoms with Gasteiger partial charge in [0.05, 0.1) is 18.9 Å². The van der Waals surface area contributed by atoms with Gasteiger partial charge < -0.3 is 9.39 Å². The van der Waals surface area contributed by atoms with Crippen LogP contribution in [0.25, 0.3) is 0 Å². The molecule has 3 aromatic carbocycles. The highest BCUT2D eigenvalue weighted by atomic mass is 16.5. The number of fused-ring (bicyclic) bond motifs is 6. The third kappa shape index (κ3) is 2.68. The molecule has 0 saturated carbocycles. The van der Waals surface area contributed by atoms with Gasteiger partial charge in [0.1, 0.15) is 22.9 Å². The topological polar surface area (TPSA) is 28.8 Å². The van der Waals surface area contributed by atoms with Crippen LogP contribution in [0.1, 0.15) is 5.56 Å². The summed E-state index contributed by atoms with van der Waals surface area (Å²) in [6.45, 7) is 2.13. The Morgan fingerprint density at radius 2 is 1.32 bits per heavy atom. The molecule has 2 aliphatic rings. The highest BCUT2D eigenvalue weighted by Gasteiger charge is 2.57. The summed E-state index contributed by atoms with van der Waals surface area (Å²) in [5.41, 5.74) is 4.32. The molecule has 4 aromatic rings. The van der Waals surface area contributed by atoms with Crippen LogP contribution in [0.4, 0.5) is 22.9 Å². The summed E-state index contributed by atoms with van der Waals surface area (Å²) in [4.78, 5) is 4.48. The maximum absolute atomic E-state index is 6.69. The quantitative estimate of drug-likeness (QED) is 0.318. The fourth-order valence-electron chi connectivity index (χ4n) is 4.44. The van der Waals surface area contributed by atoms with Crippen LogP contribution in [0.15, 0.2) is 91.1 Å². The minimum atomic E-state index is -0.407. The van der Waals surface area contributed by atoms with Crippen molar-refractivity contribution in [2.45, 2.75) is 6.92 Å². The molecule has 0 radical (unpaired) electrons. The van der Waals surface area contributed by atoms with Crippen LogP contribution in [0.5, 0.6) is 17.2 Å². The molecule has 0 fully saturated rings. The molecule has 0 atom stereocenters. The first kappa shape index (κ1) is 17.9. The smallest absolute Gasteiger partial charge is 0.499 e. The summed E-state index contributed by atoms with van der Waals surface area (Å²) in [5, 5.41) is 0. The molecule has 0 aliphatic carbocycles. The zero-order valence-corrected chi connectivity index (χ0v) is 17.4. The molecule has 31 heavy (non-hydrogen) atoms. The maximum atomic E-state index is 6.69. The number of pyridine rings is 1. The van der Waals surface area contributed by atoms with Crippen LogP contribution in [0.3, 0.4) is 0 Å². The van der Waals surface area contributed by atoms with Gasteiger partial charge in [-0.25, -0.2) is 9.38 Å². The second-order valence-electron chi connectivity index (χ2n) is 7.82. The fraction of sp³-hybridized carbons (Fsp3) is 0.0800. The lowest BCUT2D eigenvalue weighted by Crippen LogP contribution is -2.51. The van der Waals surface area contributed by atoms with Gasteiger partial charge in [-0.2, -0.15) is 0 Å². The van der Waals surface area contributed by atoms with E-state index in [0.29, 0.717) is 11.5 Å². The van der Waals surface area contributed by atoms with Gasteiger partial charge in [0.2, 0.25) is 0 Å². The molecule has 1 aromatic heterocycles. The Morgan fingerprint density at radius 3 is 2.13 bits per heavy atom. The molecule has 0 N–H and O–H groups in total. The summed E-state index contributed by atoms with van der Waals surface area (Å²) in [7, 11) is 1.66. The SMILES string of the molecule is Cc1ccccc1N1B2Oc3ccccc3Oc3ccccc3N2c2ccc[n+](C)c21. The Hall–Kier alpha value is -3.93. The third-order valence-corrected chi connectivity index (χ3v) is 5.86. The molecular formula is C25H21BN3O2+. The monoisotopic (exact) mass is 406 g/mol. The van der Waals surface area contributed by atoms with Gasteiger partial charge in [0.15, 0.2) is 5.75 Å². The van der Waals surface area contributed by atoms with Gasteiger partial charge in [-0.05, 0) is 55.0 Å². The minimum Gasteiger partial charge on any atom is -0.499 e. The Kier molecular flexibility index (Phi) is 3.93. The molecular weight excluding hydrogens is 385 g/mol. The summed E-state index contributed by atoms with van der Waals surface area (Å²) < 4.78 is 15.1. The normalized spacial score (nSPS) is 13.8. The average Bonchev–Trinajstić information content (AvgIpc) is 3.09. The van der Waals surface area contributed by atoms with Gasteiger partial charge in [0, 0.05) is 0 Å². The number of hydrogen-bond acceptors (Lipinski definition) is 4. The van der Waals surface area contributed by atoms with E-state index in [-0.39, 0.29) is 0 Å². The second kappa shape index (κ2) is 6.81. The van der Waals surface area contributed by atoms with E-state index in [1.54, 1.807) is 0 Å². The molecule has 2 aliphatic heterocycles. The zero-order chi connectivity index (χ0) is 20.9. The van der Waals surface area contributed by atoms with E-state index in [9.17, 15) is 0 Å². The summed E-state index contributed by atoms with van der Waals surface area (Å²) in [6, 6.07) is 28.6. The van der Waals surface area contributed by atoms with Crippen molar-refractivity contribution in [2.75, 3.05) is 9.62 Å². The Bertz CT molecular complexity index is 1310. The van der Waals surface area contributed by atoms with Crippen LogP contribution >= 0.6 is 0 Å². The highest BCUT2D eigenvalue weighted by molar-refractivity contribution is 6.68. The molecule has 0 unspecified atom stereocenters. The molecule has 0 amide bonds. The van der Waals surface area contributed by atoms with Crippen molar-refractivity contribution < 1.29 is 14.0 Å².